The van der Waals surface area contributed by atoms with E-state index in [1.165, 1.54) is 18.2 Å². The zero-order valence-corrected chi connectivity index (χ0v) is 16.8. The molecule has 3 aliphatic rings. The molecule has 3 unspecified atom stereocenters. The van der Waals surface area contributed by atoms with Gasteiger partial charge in [0.25, 0.3) is 5.91 Å². The minimum Gasteiger partial charge on any atom is -0.385 e. The van der Waals surface area contributed by atoms with Crippen molar-refractivity contribution in [2.24, 2.45) is 23.5 Å². The molecule has 1 aromatic carbocycles. The summed E-state index contributed by atoms with van der Waals surface area (Å²) < 4.78 is 25.0. The second-order valence-electron chi connectivity index (χ2n) is 7.78. The van der Waals surface area contributed by atoms with E-state index < -0.39 is 17.5 Å². The molecule has 2 aliphatic carbocycles. The van der Waals surface area contributed by atoms with Gasteiger partial charge in [-0.25, -0.2) is 4.39 Å². The van der Waals surface area contributed by atoms with Gasteiger partial charge in [-0.1, -0.05) is 11.6 Å². The highest BCUT2D eigenvalue weighted by atomic mass is 35.5. The molecule has 2 saturated carbocycles. The number of fused-ring (bicyclic) bond motifs is 2. The summed E-state index contributed by atoms with van der Waals surface area (Å²) in [5, 5.41) is 14.0. The van der Waals surface area contributed by atoms with E-state index in [1.807, 2.05) is 0 Å². The lowest BCUT2D eigenvalue weighted by molar-refractivity contribution is -0.267. The number of ether oxygens (including phenoxy) is 2. The third kappa shape index (κ3) is 3.49. The molecular weight excluding hydrogens is 399 g/mol. The van der Waals surface area contributed by atoms with Crippen LogP contribution in [0.25, 0.3) is 0 Å². The number of rotatable bonds is 5. The molecule has 1 heterocycles. The third-order valence-electron chi connectivity index (χ3n) is 6.20. The van der Waals surface area contributed by atoms with Crippen molar-refractivity contribution in [3.05, 3.63) is 40.4 Å². The Hall–Kier alpha value is -2.16. The first-order valence-corrected chi connectivity index (χ1v) is 10.0. The normalized spacial score (nSPS) is 27.8. The molecule has 3 atom stereocenters. The smallest absolute Gasteiger partial charge is 0.261 e. The number of nitrogens with two attached hydrogens (primary N) is 1. The summed E-state index contributed by atoms with van der Waals surface area (Å²) in [5.74, 6) is -0.933. The number of benzene rings is 1. The van der Waals surface area contributed by atoms with Crippen molar-refractivity contribution in [1.29, 1.82) is 5.41 Å². The third-order valence-corrected chi connectivity index (χ3v) is 6.49. The monoisotopic (exact) mass is 422 g/mol. The number of carbonyl (C=O) groups excluding carboxylic acids is 1. The number of hydrogen-bond acceptors (Lipinski definition) is 6. The largest absolute Gasteiger partial charge is 0.385 e. The van der Waals surface area contributed by atoms with E-state index in [0.717, 1.165) is 19.3 Å². The molecule has 1 aromatic rings. The van der Waals surface area contributed by atoms with Crippen molar-refractivity contribution in [2.75, 3.05) is 25.6 Å². The molecule has 1 saturated heterocycles. The maximum atomic E-state index is 13.4. The van der Waals surface area contributed by atoms with E-state index in [2.05, 4.69) is 10.6 Å². The average Bonchev–Trinajstić information content (AvgIpc) is 3.30. The molecule has 7 nitrogen and oxygen atoms in total. The highest BCUT2D eigenvalue weighted by Crippen LogP contribution is 2.59. The van der Waals surface area contributed by atoms with Crippen molar-refractivity contribution < 1.29 is 18.7 Å². The van der Waals surface area contributed by atoms with Gasteiger partial charge in [0.05, 0.1) is 23.9 Å². The lowest BCUT2D eigenvalue weighted by Gasteiger charge is -2.47. The number of hydrogen-bond donors (Lipinski definition) is 4. The number of carbonyl (C=O) groups is 1. The standard InChI is InChI=1S/C20H24ClFN4O3/c1-25-18(24)16(19(27)26-12-2-3-15(22)14(21)8-12)17(23)10-6-11-9-20(13(11)7-10)28-4-5-29-20/h2-3,8,10-11,13,23,25H,4-7,9,24H2,1H3,(H,26,27)/b18-16+,23-17?. The van der Waals surface area contributed by atoms with Gasteiger partial charge in [0, 0.05) is 31.0 Å². The SMILES string of the molecule is CN/C(N)=C(\C(=N)C1CC2CC3(OCCO3)C2C1)C(=O)Nc1ccc(F)c(Cl)c1. The van der Waals surface area contributed by atoms with Crippen LogP contribution < -0.4 is 16.4 Å². The van der Waals surface area contributed by atoms with Crippen molar-refractivity contribution in [2.45, 2.75) is 25.0 Å². The van der Waals surface area contributed by atoms with Gasteiger partial charge in [-0.3, -0.25) is 4.79 Å². The van der Waals surface area contributed by atoms with E-state index in [9.17, 15) is 9.18 Å². The Morgan fingerprint density at radius 2 is 2.07 bits per heavy atom. The van der Waals surface area contributed by atoms with Crippen molar-refractivity contribution >= 4 is 28.9 Å². The quantitative estimate of drug-likeness (QED) is 0.430. The van der Waals surface area contributed by atoms with Gasteiger partial charge in [0.2, 0.25) is 0 Å². The lowest BCUT2D eigenvalue weighted by atomic mass is 9.70. The number of amides is 1. The van der Waals surface area contributed by atoms with Gasteiger partial charge >= 0.3 is 0 Å². The Kier molecular flexibility index (Phi) is 5.27. The fourth-order valence-corrected chi connectivity index (χ4v) is 4.95. The molecule has 4 rings (SSSR count). The Morgan fingerprint density at radius 1 is 1.34 bits per heavy atom. The molecule has 9 heteroatoms. The van der Waals surface area contributed by atoms with Gasteiger partial charge < -0.3 is 31.3 Å². The summed E-state index contributed by atoms with van der Waals surface area (Å²) in [6, 6.07) is 3.90. The van der Waals surface area contributed by atoms with Crippen LogP contribution in [0.3, 0.4) is 0 Å². The predicted octanol–water partition coefficient (Wildman–Crippen LogP) is 2.62. The molecule has 29 heavy (non-hydrogen) atoms. The van der Waals surface area contributed by atoms with Crippen LogP contribution in [0.4, 0.5) is 10.1 Å². The first-order chi connectivity index (χ1) is 13.8. The molecule has 1 aliphatic heterocycles. The van der Waals surface area contributed by atoms with Crippen LogP contribution in [-0.4, -0.2) is 37.7 Å². The van der Waals surface area contributed by atoms with Crippen LogP contribution in [0.15, 0.2) is 29.6 Å². The molecular formula is C20H24ClFN4O3. The van der Waals surface area contributed by atoms with Crippen LogP contribution >= 0.6 is 11.6 Å². The summed E-state index contributed by atoms with van der Waals surface area (Å²) in [6.07, 6.45) is 2.36. The van der Waals surface area contributed by atoms with Crippen LogP contribution in [0.1, 0.15) is 19.3 Å². The molecule has 0 bridgehead atoms. The van der Waals surface area contributed by atoms with E-state index in [1.54, 1.807) is 7.05 Å². The van der Waals surface area contributed by atoms with Crippen molar-refractivity contribution in [1.82, 2.24) is 5.32 Å². The number of nitrogens with one attached hydrogen (secondary N) is 3. The molecule has 1 amide bonds. The molecule has 3 fully saturated rings. The minimum atomic E-state index is -0.574. The Balaban J connectivity index is 1.50. The summed E-state index contributed by atoms with van der Waals surface area (Å²) in [4.78, 5) is 12.9. The number of anilines is 1. The Morgan fingerprint density at radius 3 is 2.72 bits per heavy atom. The zero-order chi connectivity index (χ0) is 20.8. The van der Waals surface area contributed by atoms with Gasteiger partial charge in [-0.15, -0.1) is 0 Å². The van der Waals surface area contributed by atoms with Crippen LogP contribution in [0, 0.1) is 29.0 Å². The molecule has 5 N–H and O–H groups in total. The maximum Gasteiger partial charge on any atom is 0.261 e. The average molecular weight is 423 g/mol. The van der Waals surface area contributed by atoms with Crippen molar-refractivity contribution in [3.63, 3.8) is 0 Å². The van der Waals surface area contributed by atoms with Gasteiger partial charge in [-0.2, -0.15) is 0 Å². The highest BCUT2D eigenvalue weighted by Gasteiger charge is 2.62. The van der Waals surface area contributed by atoms with Crippen LogP contribution in [0.2, 0.25) is 5.02 Å². The fourth-order valence-electron chi connectivity index (χ4n) is 4.77. The van der Waals surface area contributed by atoms with Crippen LogP contribution in [-0.2, 0) is 14.3 Å². The van der Waals surface area contributed by atoms with Gasteiger partial charge in [-0.05, 0) is 37.0 Å². The first-order valence-electron chi connectivity index (χ1n) is 9.65. The highest BCUT2D eigenvalue weighted by molar-refractivity contribution is 6.31. The summed E-state index contributed by atoms with van der Waals surface area (Å²) in [6.45, 7) is 1.21. The summed E-state index contributed by atoms with van der Waals surface area (Å²) in [7, 11) is 1.60. The van der Waals surface area contributed by atoms with Crippen LogP contribution in [0.5, 0.6) is 0 Å². The fraction of sp³-hybridized carbons (Fsp3) is 0.500. The lowest BCUT2D eigenvalue weighted by Crippen LogP contribution is -2.52. The second kappa shape index (κ2) is 7.59. The molecule has 156 valence electrons. The van der Waals surface area contributed by atoms with Gasteiger partial charge in [0.1, 0.15) is 17.2 Å². The Bertz CT molecular complexity index is 884. The summed E-state index contributed by atoms with van der Waals surface area (Å²) in [5.41, 5.74) is 6.62. The first kappa shape index (κ1) is 20.1. The van der Waals surface area contributed by atoms with E-state index in [0.29, 0.717) is 24.8 Å². The van der Waals surface area contributed by atoms with E-state index >= 15 is 0 Å². The molecule has 1 spiro atoms. The number of halogens is 2. The Labute approximate surface area is 173 Å². The predicted molar refractivity (Wildman–Crippen MR) is 107 cm³/mol. The van der Waals surface area contributed by atoms with Crippen molar-refractivity contribution in [3.8, 4) is 0 Å². The summed E-state index contributed by atoms with van der Waals surface area (Å²) >= 11 is 5.79. The zero-order valence-electron chi connectivity index (χ0n) is 16.1. The maximum absolute atomic E-state index is 13.4. The molecule has 0 radical (unpaired) electrons. The topological polar surface area (TPSA) is 109 Å². The molecule has 0 aromatic heterocycles. The second-order valence-corrected chi connectivity index (χ2v) is 8.19. The van der Waals surface area contributed by atoms with Gasteiger partial charge in [0.15, 0.2) is 5.79 Å². The minimum absolute atomic E-state index is 0.0848. The van der Waals surface area contributed by atoms with E-state index in [4.69, 9.17) is 32.2 Å². The van der Waals surface area contributed by atoms with E-state index in [-0.39, 0.29) is 34.0 Å².